The van der Waals surface area contributed by atoms with Gasteiger partial charge in [0.15, 0.2) is 12.2 Å². The number of carbonyl (C=O) groups is 1. The van der Waals surface area contributed by atoms with Crippen molar-refractivity contribution in [2.24, 2.45) is 17.8 Å². The van der Waals surface area contributed by atoms with Crippen LogP contribution in [0.2, 0.25) is 0 Å². The number of esters is 1. The molecule has 36 heavy (non-hydrogen) atoms. The van der Waals surface area contributed by atoms with Gasteiger partial charge in [0.2, 0.25) is 0 Å². The van der Waals surface area contributed by atoms with Gasteiger partial charge in [-0.1, -0.05) is 37.3 Å². The van der Waals surface area contributed by atoms with Gasteiger partial charge in [-0.25, -0.2) is 13.6 Å². The van der Waals surface area contributed by atoms with Crippen LogP contribution in [-0.2, 0) is 9.53 Å². The molecule has 2 fully saturated rings. The first-order chi connectivity index (χ1) is 17.2. The van der Waals surface area contributed by atoms with Gasteiger partial charge in [0.25, 0.3) is 5.92 Å². The molecule has 7 nitrogen and oxygen atoms in total. The van der Waals surface area contributed by atoms with E-state index in [1.165, 1.54) is 19.6 Å². The average Bonchev–Trinajstić information content (AvgIpc) is 3.45. The Morgan fingerprint density at radius 2 is 2.00 bits per heavy atom. The molecule has 1 saturated carbocycles. The SMILES string of the molecule is C[C@H]1OC(=O)[C@]2(Nc3cocn3)CC(F)(F)[C@@H](C)[C@H](/C=C/c3ccc(-c4ccccc4C#N)cn3)[C@H]12. The summed E-state index contributed by atoms with van der Waals surface area (Å²) in [7, 11) is 0. The van der Waals surface area contributed by atoms with Gasteiger partial charge < -0.3 is 14.5 Å². The van der Waals surface area contributed by atoms with Crippen molar-refractivity contribution in [3.8, 4) is 17.2 Å². The number of nitrogens with one attached hydrogen (secondary N) is 1. The number of ether oxygens (including phenoxy) is 1. The maximum Gasteiger partial charge on any atom is 0.332 e. The van der Waals surface area contributed by atoms with Crippen molar-refractivity contribution in [3.05, 3.63) is 72.6 Å². The summed E-state index contributed by atoms with van der Waals surface area (Å²) in [5, 5.41) is 12.3. The van der Waals surface area contributed by atoms with Crippen LogP contribution in [0.5, 0.6) is 0 Å². The van der Waals surface area contributed by atoms with Crippen LogP contribution in [0.1, 0.15) is 31.5 Å². The third-order valence-electron chi connectivity index (χ3n) is 7.32. The molecule has 1 aliphatic heterocycles. The lowest BCUT2D eigenvalue weighted by Gasteiger charge is -2.47. The van der Waals surface area contributed by atoms with E-state index in [-0.39, 0.29) is 5.82 Å². The Labute approximate surface area is 206 Å². The highest BCUT2D eigenvalue weighted by atomic mass is 19.3. The number of oxazole rings is 1. The van der Waals surface area contributed by atoms with Crippen molar-refractivity contribution >= 4 is 17.9 Å². The summed E-state index contributed by atoms with van der Waals surface area (Å²) < 4.78 is 41.1. The van der Waals surface area contributed by atoms with Crippen LogP contribution in [0.4, 0.5) is 14.6 Å². The predicted octanol–water partition coefficient (Wildman–Crippen LogP) is 5.33. The molecule has 0 unspecified atom stereocenters. The van der Waals surface area contributed by atoms with Crippen molar-refractivity contribution in [3.63, 3.8) is 0 Å². The number of fused-ring (bicyclic) bond motifs is 1. The minimum absolute atomic E-state index is 0.203. The molecular weight excluding hydrogens is 466 g/mol. The highest BCUT2D eigenvalue weighted by Crippen LogP contribution is 2.56. The second-order valence-corrected chi connectivity index (χ2v) is 9.40. The number of aromatic nitrogens is 2. The number of nitrogens with zero attached hydrogens (tertiary/aromatic N) is 3. The molecule has 1 aliphatic carbocycles. The lowest BCUT2D eigenvalue weighted by atomic mass is 9.60. The van der Waals surface area contributed by atoms with E-state index in [0.717, 1.165) is 11.1 Å². The van der Waals surface area contributed by atoms with Gasteiger partial charge in [-0.2, -0.15) is 10.2 Å². The second-order valence-electron chi connectivity index (χ2n) is 9.40. The molecule has 184 valence electrons. The maximum atomic E-state index is 15.3. The summed E-state index contributed by atoms with van der Waals surface area (Å²) in [5.41, 5.74) is 1.02. The number of benzene rings is 1. The zero-order valence-electron chi connectivity index (χ0n) is 19.7. The fraction of sp³-hybridized carbons (Fsp3) is 0.333. The van der Waals surface area contributed by atoms with E-state index in [9.17, 15) is 10.1 Å². The maximum absolute atomic E-state index is 15.3. The number of hydrogen-bond donors (Lipinski definition) is 1. The van der Waals surface area contributed by atoms with Gasteiger partial charge in [-0.3, -0.25) is 4.98 Å². The number of anilines is 1. The Kier molecular flexibility index (Phi) is 5.83. The zero-order valence-corrected chi connectivity index (χ0v) is 19.7. The number of pyridine rings is 1. The molecule has 9 heteroatoms. The molecule has 1 aromatic carbocycles. The molecular formula is C27H24F2N4O3. The molecule has 2 aromatic heterocycles. The molecule has 2 aliphatic rings. The van der Waals surface area contributed by atoms with Gasteiger partial charge in [0.1, 0.15) is 17.9 Å². The largest absolute Gasteiger partial charge is 0.460 e. The van der Waals surface area contributed by atoms with Crippen LogP contribution in [0, 0.1) is 29.1 Å². The molecule has 1 N–H and O–H groups in total. The summed E-state index contributed by atoms with van der Waals surface area (Å²) >= 11 is 0. The number of allylic oxidation sites excluding steroid dienone is 1. The average molecular weight is 491 g/mol. The summed E-state index contributed by atoms with van der Waals surface area (Å²) in [6, 6.07) is 13.0. The van der Waals surface area contributed by atoms with E-state index >= 15 is 8.78 Å². The van der Waals surface area contributed by atoms with Gasteiger partial charge in [-0.15, -0.1) is 0 Å². The molecule has 5 atom stereocenters. The number of halogens is 2. The molecule has 0 radical (unpaired) electrons. The normalized spacial score (nSPS) is 28.9. The lowest BCUT2D eigenvalue weighted by molar-refractivity contribution is -0.153. The molecule has 5 rings (SSSR count). The minimum Gasteiger partial charge on any atom is -0.460 e. The van der Waals surface area contributed by atoms with Crippen LogP contribution in [0.3, 0.4) is 0 Å². The predicted molar refractivity (Wildman–Crippen MR) is 128 cm³/mol. The fourth-order valence-corrected chi connectivity index (χ4v) is 5.51. The van der Waals surface area contributed by atoms with Crippen molar-refractivity contribution < 1.29 is 22.7 Å². The summed E-state index contributed by atoms with van der Waals surface area (Å²) in [5.74, 6) is -5.93. The topological polar surface area (TPSA) is 101 Å². The van der Waals surface area contributed by atoms with Crippen molar-refractivity contribution in [1.29, 1.82) is 5.26 Å². The van der Waals surface area contributed by atoms with Crippen LogP contribution in [0.25, 0.3) is 17.2 Å². The molecule has 1 saturated heterocycles. The number of carbonyl (C=O) groups excluding carboxylic acids is 1. The molecule has 3 aromatic rings. The summed E-state index contributed by atoms with van der Waals surface area (Å²) in [6.45, 7) is 3.23. The van der Waals surface area contributed by atoms with Crippen molar-refractivity contribution in [2.75, 3.05) is 5.32 Å². The zero-order chi connectivity index (χ0) is 25.5. The highest BCUT2D eigenvalue weighted by molar-refractivity contribution is 5.87. The van der Waals surface area contributed by atoms with Crippen LogP contribution < -0.4 is 5.32 Å². The van der Waals surface area contributed by atoms with E-state index in [0.29, 0.717) is 11.3 Å². The number of hydrogen-bond acceptors (Lipinski definition) is 7. The Morgan fingerprint density at radius 3 is 2.69 bits per heavy atom. The van der Waals surface area contributed by atoms with Crippen molar-refractivity contribution in [1.82, 2.24) is 9.97 Å². The van der Waals surface area contributed by atoms with Crippen molar-refractivity contribution in [2.45, 2.75) is 37.8 Å². The number of alkyl halides is 2. The summed E-state index contributed by atoms with van der Waals surface area (Å²) in [6.07, 6.45) is 6.21. The Morgan fingerprint density at radius 1 is 1.19 bits per heavy atom. The Balaban J connectivity index is 1.47. The monoisotopic (exact) mass is 490 g/mol. The van der Waals surface area contributed by atoms with Crippen LogP contribution in [0.15, 0.2) is 65.7 Å². The Hall–Kier alpha value is -4.06. The van der Waals surface area contributed by atoms with E-state index in [1.54, 1.807) is 43.5 Å². The van der Waals surface area contributed by atoms with E-state index in [1.807, 2.05) is 18.2 Å². The fourth-order valence-electron chi connectivity index (χ4n) is 5.51. The quantitative estimate of drug-likeness (QED) is 0.483. The third-order valence-corrected chi connectivity index (χ3v) is 7.32. The first-order valence-electron chi connectivity index (χ1n) is 11.6. The number of nitriles is 1. The molecule has 0 spiro atoms. The first kappa shape index (κ1) is 23.7. The Bertz CT molecular complexity index is 1330. The van der Waals surface area contributed by atoms with Gasteiger partial charge in [0.05, 0.1) is 17.3 Å². The lowest BCUT2D eigenvalue weighted by Crippen LogP contribution is -2.61. The van der Waals surface area contributed by atoms with Gasteiger partial charge in [-0.05, 0) is 31.1 Å². The third kappa shape index (κ3) is 3.92. The second kappa shape index (κ2) is 8.86. The van der Waals surface area contributed by atoms with E-state index in [2.05, 4.69) is 21.4 Å². The molecule has 0 bridgehead atoms. The first-order valence-corrected chi connectivity index (χ1v) is 11.6. The van der Waals surface area contributed by atoms with Crippen LogP contribution in [-0.4, -0.2) is 33.5 Å². The number of cyclic esters (lactones) is 1. The van der Waals surface area contributed by atoms with Crippen LogP contribution >= 0.6 is 0 Å². The van der Waals surface area contributed by atoms with E-state index < -0.39 is 47.7 Å². The van der Waals surface area contributed by atoms with Gasteiger partial charge in [0, 0.05) is 35.6 Å². The van der Waals surface area contributed by atoms with E-state index in [4.69, 9.17) is 9.15 Å². The van der Waals surface area contributed by atoms with Gasteiger partial charge >= 0.3 is 5.97 Å². The minimum atomic E-state index is -3.14. The standard InChI is InChI=1S/C27H24F2N4O3/c1-16-21(10-9-20-8-7-19(12-31-20)22-6-4-3-5-18(22)11-30)24-17(2)36-25(34)26(24,14-27(16,28)29)33-23-13-35-15-32-23/h3-10,12-13,15-17,21,24,33H,14H2,1-2H3/b10-9+/t16-,17+,21-,24-,26-/m0/s1. The highest BCUT2D eigenvalue weighted by Gasteiger charge is 2.68. The molecule has 3 heterocycles. The number of rotatable bonds is 5. The smallest absolute Gasteiger partial charge is 0.332 e. The summed E-state index contributed by atoms with van der Waals surface area (Å²) in [4.78, 5) is 21.4. The molecule has 0 amide bonds.